The topological polar surface area (TPSA) is 75.1 Å². The summed E-state index contributed by atoms with van der Waals surface area (Å²) in [7, 11) is 0. The second kappa shape index (κ2) is 7.85. The van der Waals surface area contributed by atoms with Crippen molar-refractivity contribution < 1.29 is 18.0 Å². The maximum atomic E-state index is 12.6. The molecule has 1 aliphatic rings. The zero-order valence-corrected chi connectivity index (χ0v) is 14.4. The van der Waals surface area contributed by atoms with Crippen LogP contribution in [0.5, 0.6) is 0 Å². The van der Waals surface area contributed by atoms with Gasteiger partial charge >= 0.3 is 6.18 Å². The van der Waals surface area contributed by atoms with Crippen LogP contribution in [0.1, 0.15) is 5.69 Å². The minimum atomic E-state index is -4.53. The number of nitrogens with zero attached hydrogens (tertiary/aromatic N) is 6. The molecule has 7 nitrogen and oxygen atoms in total. The first kappa shape index (κ1) is 18.4. The van der Waals surface area contributed by atoms with E-state index in [1.165, 1.54) is 0 Å². The van der Waals surface area contributed by atoms with Crippen LogP contribution in [0.4, 0.5) is 19.1 Å². The number of carbonyl (C=O) groups is 1. The minimum Gasteiger partial charge on any atom is -0.338 e. The Bertz CT molecular complexity index is 753. The number of aromatic nitrogens is 4. The lowest BCUT2D eigenvalue weighted by Crippen LogP contribution is -2.49. The summed E-state index contributed by atoms with van der Waals surface area (Å²) in [5.74, 6) is 0.444. The molecule has 1 amide bonds. The molecular formula is C15H15F3N6OS. The van der Waals surface area contributed by atoms with Crippen molar-refractivity contribution in [2.45, 2.75) is 11.3 Å². The lowest BCUT2D eigenvalue weighted by Gasteiger charge is -2.34. The normalized spacial score (nSPS) is 15.2. The van der Waals surface area contributed by atoms with Crippen LogP contribution in [0.3, 0.4) is 0 Å². The molecule has 0 atom stereocenters. The second-order valence-electron chi connectivity index (χ2n) is 5.43. The molecule has 0 aromatic carbocycles. The highest BCUT2D eigenvalue weighted by atomic mass is 32.2. The maximum absolute atomic E-state index is 12.6. The van der Waals surface area contributed by atoms with Crippen LogP contribution in [0.2, 0.25) is 0 Å². The molecule has 1 saturated heterocycles. The van der Waals surface area contributed by atoms with Crippen molar-refractivity contribution in [1.82, 2.24) is 24.8 Å². The van der Waals surface area contributed by atoms with Crippen molar-refractivity contribution in [3.63, 3.8) is 0 Å². The molecule has 0 bridgehead atoms. The second-order valence-corrected chi connectivity index (χ2v) is 6.37. The van der Waals surface area contributed by atoms with Crippen molar-refractivity contribution >= 4 is 23.6 Å². The van der Waals surface area contributed by atoms with E-state index in [9.17, 15) is 18.0 Å². The predicted molar refractivity (Wildman–Crippen MR) is 88.6 cm³/mol. The first-order valence-corrected chi connectivity index (χ1v) is 8.75. The van der Waals surface area contributed by atoms with Crippen molar-refractivity contribution in [3.05, 3.63) is 36.4 Å². The van der Waals surface area contributed by atoms with Crippen LogP contribution < -0.4 is 4.90 Å². The fourth-order valence-corrected chi connectivity index (χ4v) is 3.13. The molecule has 0 spiro atoms. The van der Waals surface area contributed by atoms with E-state index in [1.807, 2.05) is 4.90 Å². The molecule has 2 aromatic heterocycles. The van der Waals surface area contributed by atoms with Gasteiger partial charge in [0.05, 0.1) is 5.75 Å². The van der Waals surface area contributed by atoms with E-state index in [4.69, 9.17) is 0 Å². The number of alkyl halides is 3. The lowest BCUT2D eigenvalue weighted by atomic mass is 10.3. The summed E-state index contributed by atoms with van der Waals surface area (Å²) in [6, 6.07) is 2.53. The van der Waals surface area contributed by atoms with Gasteiger partial charge in [-0.3, -0.25) is 4.79 Å². The van der Waals surface area contributed by atoms with Gasteiger partial charge in [0, 0.05) is 44.8 Å². The SMILES string of the molecule is O=C(CSc1nccc(C(F)(F)F)n1)N1CCN(c2ncccn2)CC1. The van der Waals surface area contributed by atoms with E-state index in [0.717, 1.165) is 24.0 Å². The maximum Gasteiger partial charge on any atom is 0.433 e. The molecule has 2 aromatic rings. The Balaban J connectivity index is 1.51. The number of anilines is 1. The smallest absolute Gasteiger partial charge is 0.338 e. The van der Waals surface area contributed by atoms with Crippen LogP contribution in [-0.2, 0) is 11.0 Å². The summed E-state index contributed by atoms with van der Waals surface area (Å²) in [6.07, 6.45) is -0.170. The Morgan fingerprint density at radius 2 is 1.77 bits per heavy atom. The number of thioether (sulfide) groups is 1. The van der Waals surface area contributed by atoms with Gasteiger partial charge < -0.3 is 9.80 Å². The Kier molecular flexibility index (Phi) is 5.55. The van der Waals surface area contributed by atoms with Crippen LogP contribution in [0.25, 0.3) is 0 Å². The van der Waals surface area contributed by atoms with E-state index in [1.54, 1.807) is 23.4 Å². The monoisotopic (exact) mass is 384 g/mol. The molecule has 0 N–H and O–H groups in total. The van der Waals surface area contributed by atoms with Gasteiger partial charge in [-0.25, -0.2) is 19.9 Å². The number of rotatable bonds is 4. The number of carbonyl (C=O) groups excluding carboxylic acids is 1. The van der Waals surface area contributed by atoms with Gasteiger partial charge in [0.2, 0.25) is 11.9 Å². The van der Waals surface area contributed by atoms with Crippen molar-refractivity contribution in [1.29, 1.82) is 0 Å². The first-order valence-electron chi connectivity index (χ1n) is 7.76. The van der Waals surface area contributed by atoms with Crippen molar-refractivity contribution in [2.75, 3.05) is 36.8 Å². The van der Waals surface area contributed by atoms with Gasteiger partial charge in [0.1, 0.15) is 5.69 Å². The molecule has 138 valence electrons. The Morgan fingerprint density at radius 3 is 2.42 bits per heavy atom. The Morgan fingerprint density at radius 1 is 1.08 bits per heavy atom. The molecule has 26 heavy (non-hydrogen) atoms. The van der Waals surface area contributed by atoms with Crippen LogP contribution in [0.15, 0.2) is 35.9 Å². The Hall–Kier alpha value is -2.43. The third-order valence-electron chi connectivity index (χ3n) is 3.72. The van der Waals surface area contributed by atoms with Gasteiger partial charge in [0.25, 0.3) is 0 Å². The van der Waals surface area contributed by atoms with Crippen LogP contribution in [0, 0.1) is 0 Å². The molecule has 1 fully saturated rings. The largest absolute Gasteiger partial charge is 0.433 e. The Labute approximate surface area is 151 Å². The number of hydrogen-bond donors (Lipinski definition) is 0. The third kappa shape index (κ3) is 4.59. The molecule has 3 rings (SSSR count). The highest BCUT2D eigenvalue weighted by Gasteiger charge is 2.33. The van der Waals surface area contributed by atoms with Crippen LogP contribution in [-0.4, -0.2) is 62.7 Å². The molecule has 0 radical (unpaired) electrons. The van der Waals surface area contributed by atoms with Crippen molar-refractivity contribution in [3.8, 4) is 0 Å². The average Bonchev–Trinajstić information content (AvgIpc) is 2.66. The zero-order chi connectivity index (χ0) is 18.6. The molecule has 0 saturated carbocycles. The fourth-order valence-electron chi connectivity index (χ4n) is 2.40. The number of hydrogen-bond acceptors (Lipinski definition) is 7. The lowest BCUT2D eigenvalue weighted by molar-refractivity contribution is -0.141. The predicted octanol–water partition coefficient (Wildman–Crippen LogP) is 1.73. The summed E-state index contributed by atoms with van der Waals surface area (Å²) in [5, 5.41) is -0.0653. The van der Waals surface area contributed by atoms with Gasteiger partial charge in [-0.05, 0) is 12.1 Å². The van der Waals surface area contributed by atoms with Gasteiger partial charge in [-0.1, -0.05) is 11.8 Å². The molecule has 3 heterocycles. The summed E-state index contributed by atoms with van der Waals surface area (Å²) < 4.78 is 37.9. The van der Waals surface area contributed by atoms with E-state index in [0.29, 0.717) is 32.1 Å². The zero-order valence-electron chi connectivity index (χ0n) is 13.6. The van der Waals surface area contributed by atoms with E-state index in [2.05, 4.69) is 19.9 Å². The average molecular weight is 384 g/mol. The summed E-state index contributed by atoms with van der Waals surface area (Å²) in [4.78, 5) is 31.5. The molecule has 0 unspecified atom stereocenters. The minimum absolute atomic E-state index is 0.0108. The summed E-state index contributed by atoms with van der Waals surface area (Å²) in [6.45, 7) is 2.20. The van der Waals surface area contributed by atoms with E-state index >= 15 is 0 Å². The van der Waals surface area contributed by atoms with Crippen molar-refractivity contribution in [2.24, 2.45) is 0 Å². The van der Waals surface area contributed by atoms with Crippen LogP contribution >= 0.6 is 11.8 Å². The van der Waals surface area contributed by atoms with E-state index in [-0.39, 0.29) is 16.8 Å². The highest BCUT2D eigenvalue weighted by Crippen LogP contribution is 2.28. The van der Waals surface area contributed by atoms with Gasteiger partial charge in [0.15, 0.2) is 5.16 Å². The number of piperazine rings is 1. The third-order valence-corrected chi connectivity index (χ3v) is 4.56. The van der Waals surface area contributed by atoms with Gasteiger partial charge in [-0.15, -0.1) is 0 Å². The fraction of sp³-hybridized carbons (Fsp3) is 0.400. The number of amides is 1. The quantitative estimate of drug-likeness (QED) is 0.587. The van der Waals surface area contributed by atoms with E-state index < -0.39 is 11.9 Å². The summed E-state index contributed by atoms with van der Waals surface area (Å²) in [5.41, 5.74) is -1.01. The summed E-state index contributed by atoms with van der Waals surface area (Å²) >= 11 is 0.898. The number of halogens is 3. The standard InChI is InChI=1S/C15H15F3N6OS/c16-15(17,18)11-2-5-21-14(22-11)26-10-12(25)23-6-8-24(9-7-23)13-19-3-1-4-20-13/h1-5H,6-10H2. The molecular weight excluding hydrogens is 369 g/mol. The highest BCUT2D eigenvalue weighted by molar-refractivity contribution is 7.99. The first-order chi connectivity index (χ1) is 12.4. The molecule has 0 aliphatic carbocycles. The van der Waals surface area contributed by atoms with Gasteiger partial charge in [-0.2, -0.15) is 13.2 Å². The molecule has 11 heteroatoms. The molecule has 1 aliphatic heterocycles.